The Balaban J connectivity index is 2.36. The Bertz CT molecular complexity index is 313. The summed E-state index contributed by atoms with van der Waals surface area (Å²) in [5.41, 5.74) is 0.247. The van der Waals surface area contributed by atoms with E-state index in [1.54, 1.807) is 0 Å². The second-order valence-electron chi connectivity index (χ2n) is 4.26. The average Bonchev–Trinajstić information content (AvgIpc) is 2.71. The van der Waals surface area contributed by atoms with Gasteiger partial charge in [-0.2, -0.15) is 0 Å². The molecule has 1 unspecified atom stereocenters. The fraction of sp³-hybridized carbons (Fsp3) is 0.636. The lowest BCUT2D eigenvalue weighted by molar-refractivity contribution is 0.283. The van der Waals surface area contributed by atoms with E-state index in [2.05, 4.69) is 47.2 Å². The maximum atomic E-state index is 3.69. The van der Waals surface area contributed by atoms with E-state index in [0.29, 0.717) is 5.92 Å². The molecule has 0 amide bonds. The van der Waals surface area contributed by atoms with Gasteiger partial charge in [0.1, 0.15) is 0 Å². The molecule has 1 aliphatic heterocycles. The highest BCUT2D eigenvalue weighted by molar-refractivity contribution is 9.11. The van der Waals surface area contributed by atoms with E-state index < -0.39 is 0 Å². The highest BCUT2D eigenvalue weighted by Gasteiger charge is 2.39. The van der Waals surface area contributed by atoms with Crippen molar-refractivity contribution in [2.24, 2.45) is 5.92 Å². The molecular formula is C11H16BrNS. The molecule has 1 saturated heterocycles. The van der Waals surface area contributed by atoms with Crippen molar-refractivity contribution < 1.29 is 0 Å². The van der Waals surface area contributed by atoms with Gasteiger partial charge in [-0.1, -0.05) is 13.8 Å². The summed E-state index contributed by atoms with van der Waals surface area (Å²) >= 11 is 5.41. The smallest absolute Gasteiger partial charge is 0.0702 e. The summed E-state index contributed by atoms with van der Waals surface area (Å²) in [6, 6.07) is 4.41. The van der Waals surface area contributed by atoms with E-state index >= 15 is 0 Å². The number of nitrogens with one attached hydrogen (secondary N) is 1. The van der Waals surface area contributed by atoms with Gasteiger partial charge in [0.2, 0.25) is 0 Å². The first-order valence-electron chi connectivity index (χ1n) is 5.16. The van der Waals surface area contributed by atoms with Gasteiger partial charge in [-0.15, -0.1) is 11.3 Å². The Kier molecular flexibility index (Phi) is 3.01. The third-order valence-corrected chi connectivity index (χ3v) is 4.99. The Morgan fingerprint density at radius 3 is 2.71 bits per heavy atom. The van der Waals surface area contributed by atoms with Crippen LogP contribution < -0.4 is 5.32 Å². The number of thiophene rings is 1. The maximum absolute atomic E-state index is 3.69. The van der Waals surface area contributed by atoms with Crippen molar-refractivity contribution in [3.63, 3.8) is 0 Å². The molecule has 1 nitrogen and oxygen atoms in total. The van der Waals surface area contributed by atoms with Crippen LogP contribution in [-0.2, 0) is 5.54 Å². The number of hydrogen-bond donors (Lipinski definition) is 1. The molecule has 0 radical (unpaired) electrons. The SMILES string of the molecule is CC(C)C1(c2ccc(Br)s2)CCCN1. The molecule has 1 N–H and O–H groups in total. The lowest BCUT2D eigenvalue weighted by Gasteiger charge is -2.33. The van der Waals surface area contributed by atoms with Gasteiger partial charge >= 0.3 is 0 Å². The molecule has 0 aliphatic carbocycles. The summed E-state index contributed by atoms with van der Waals surface area (Å²) < 4.78 is 1.24. The van der Waals surface area contributed by atoms with Crippen LogP contribution in [-0.4, -0.2) is 6.54 Å². The van der Waals surface area contributed by atoms with E-state index in [1.807, 2.05) is 11.3 Å². The van der Waals surface area contributed by atoms with Crippen LogP contribution in [0.4, 0.5) is 0 Å². The summed E-state index contributed by atoms with van der Waals surface area (Å²) in [5, 5.41) is 3.69. The zero-order valence-electron chi connectivity index (χ0n) is 8.64. The van der Waals surface area contributed by atoms with E-state index in [1.165, 1.54) is 21.5 Å². The van der Waals surface area contributed by atoms with Gasteiger partial charge in [0.25, 0.3) is 0 Å². The summed E-state index contributed by atoms with van der Waals surface area (Å²) in [5.74, 6) is 0.663. The predicted molar refractivity (Wildman–Crippen MR) is 65.8 cm³/mol. The Morgan fingerprint density at radius 1 is 1.50 bits per heavy atom. The van der Waals surface area contributed by atoms with Gasteiger partial charge in [-0.05, 0) is 53.4 Å². The van der Waals surface area contributed by atoms with E-state index in [0.717, 1.165) is 6.54 Å². The molecular weight excluding hydrogens is 258 g/mol. The molecule has 0 spiro atoms. The van der Waals surface area contributed by atoms with Crippen molar-refractivity contribution in [1.29, 1.82) is 0 Å². The summed E-state index contributed by atoms with van der Waals surface area (Å²) in [6.07, 6.45) is 2.57. The second kappa shape index (κ2) is 3.95. The molecule has 2 rings (SSSR count). The van der Waals surface area contributed by atoms with Gasteiger partial charge in [0, 0.05) is 4.88 Å². The third-order valence-electron chi connectivity index (χ3n) is 3.19. The van der Waals surface area contributed by atoms with Crippen molar-refractivity contribution in [2.45, 2.75) is 32.2 Å². The molecule has 78 valence electrons. The predicted octanol–water partition coefficient (Wildman–Crippen LogP) is 3.75. The molecule has 0 bridgehead atoms. The Hall–Kier alpha value is 0.140. The lowest BCUT2D eigenvalue weighted by atomic mass is 9.84. The first kappa shape index (κ1) is 10.7. The molecule has 0 saturated carbocycles. The van der Waals surface area contributed by atoms with E-state index in [-0.39, 0.29) is 5.54 Å². The zero-order chi connectivity index (χ0) is 10.2. The van der Waals surface area contributed by atoms with Crippen LogP contribution >= 0.6 is 27.3 Å². The van der Waals surface area contributed by atoms with Crippen molar-refractivity contribution in [2.75, 3.05) is 6.54 Å². The van der Waals surface area contributed by atoms with Crippen LogP contribution in [0.2, 0.25) is 0 Å². The fourth-order valence-corrected chi connectivity index (χ4v) is 4.04. The Morgan fingerprint density at radius 2 is 2.29 bits per heavy atom. The van der Waals surface area contributed by atoms with Gasteiger partial charge in [-0.3, -0.25) is 0 Å². The van der Waals surface area contributed by atoms with Gasteiger partial charge in [-0.25, -0.2) is 0 Å². The van der Waals surface area contributed by atoms with Crippen LogP contribution in [0.5, 0.6) is 0 Å². The van der Waals surface area contributed by atoms with Crippen LogP contribution in [0.25, 0.3) is 0 Å². The number of halogens is 1. The number of hydrogen-bond acceptors (Lipinski definition) is 2. The van der Waals surface area contributed by atoms with Crippen LogP contribution in [0, 0.1) is 5.92 Å². The first-order chi connectivity index (χ1) is 6.65. The molecule has 0 aromatic carbocycles. The summed E-state index contributed by atoms with van der Waals surface area (Å²) in [4.78, 5) is 1.48. The Labute approximate surface area is 98.0 Å². The van der Waals surface area contributed by atoms with E-state index in [4.69, 9.17) is 0 Å². The van der Waals surface area contributed by atoms with Crippen molar-refractivity contribution in [1.82, 2.24) is 5.32 Å². The molecule has 1 aliphatic rings. The quantitative estimate of drug-likeness (QED) is 0.866. The molecule has 1 aromatic heterocycles. The standard InChI is InChI=1S/C11H16BrNS/c1-8(2)11(6-3-7-13-11)9-4-5-10(12)14-9/h4-5,8,13H,3,6-7H2,1-2H3. The zero-order valence-corrected chi connectivity index (χ0v) is 11.0. The molecule has 2 heterocycles. The fourth-order valence-electron chi connectivity index (χ4n) is 2.31. The maximum Gasteiger partial charge on any atom is 0.0702 e. The summed E-state index contributed by atoms with van der Waals surface area (Å²) in [7, 11) is 0. The van der Waals surface area contributed by atoms with Gasteiger partial charge < -0.3 is 5.32 Å². The van der Waals surface area contributed by atoms with Gasteiger partial charge in [0.15, 0.2) is 0 Å². The van der Waals surface area contributed by atoms with Crippen molar-refractivity contribution in [3.05, 3.63) is 20.8 Å². The van der Waals surface area contributed by atoms with Crippen LogP contribution in [0.15, 0.2) is 15.9 Å². The number of rotatable bonds is 2. The monoisotopic (exact) mass is 273 g/mol. The second-order valence-corrected chi connectivity index (χ2v) is 6.72. The first-order valence-corrected chi connectivity index (χ1v) is 6.77. The minimum Gasteiger partial charge on any atom is -0.307 e. The lowest BCUT2D eigenvalue weighted by Crippen LogP contribution is -2.40. The third kappa shape index (κ3) is 1.66. The molecule has 14 heavy (non-hydrogen) atoms. The topological polar surface area (TPSA) is 12.0 Å². The van der Waals surface area contributed by atoms with Gasteiger partial charge in [0.05, 0.1) is 9.33 Å². The largest absolute Gasteiger partial charge is 0.307 e. The molecule has 1 fully saturated rings. The summed E-state index contributed by atoms with van der Waals surface area (Å²) in [6.45, 7) is 5.78. The normalized spacial score (nSPS) is 27.4. The van der Waals surface area contributed by atoms with E-state index in [9.17, 15) is 0 Å². The molecule has 1 atom stereocenters. The highest BCUT2D eigenvalue weighted by atomic mass is 79.9. The highest BCUT2D eigenvalue weighted by Crippen LogP contribution is 2.41. The van der Waals surface area contributed by atoms with Crippen LogP contribution in [0.1, 0.15) is 31.6 Å². The van der Waals surface area contributed by atoms with Crippen LogP contribution in [0.3, 0.4) is 0 Å². The van der Waals surface area contributed by atoms with Crippen molar-refractivity contribution >= 4 is 27.3 Å². The minimum absolute atomic E-state index is 0.247. The average molecular weight is 274 g/mol. The molecule has 1 aromatic rings. The molecule has 3 heteroatoms. The minimum atomic E-state index is 0.247. The van der Waals surface area contributed by atoms with Crippen molar-refractivity contribution in [3.8, 4) is 0 Å².